The van der Waals surface area contributed by atoms with Crippen LogP contribution in [0.2, 0.25) is 0 Å². The lowest BCUT2D eigenvalue weighted by atomic mass is 10.2. The second-order valence-corrected chi connectivity index (χ2v) is 6.24. The first-order valence-electron chi connectivity index (χ1n) is 8.42. The number of carbonyl (C=O) groups excluding carboxylic acids is 2. The van der Waals surface area contributed by atoms with E-state index >= 15 is 0 Å². The molecule has 27 heavy (non-hydrogen) atoms. The fraction of sp³-hybridized carbons (Fsp3) is 0.389. The third-order valence-corrected chi connectivity index (χ3v) is 4.57. The van der Waals surface area contributed by atoms with Gasteiger partial charge in [-0.3, -0.25) is 4.79 Å². The summed E-state index contributed by atoms with van der Waals surface area (Å²) in [5, 5.41) is 1.63. The molecule has 0 aliphatic rings. The first kappa shape index (κ1) is 20.7. The van der Waals surface area contributed by atoms with Gasteiger partial charge in [0.15, 0.2) is 4.80 Å². The van der Waals surface area contributed by atoms with Crippen molar-refractivity contribution in [3.8, 4) is 11.5 Å². The lowest BCUT2D eigenvalue weighted by molar-refractivity contribution is 0.0512. The van der Waals surface area contributed by atoms with Gasteiger partial charge in [-0.2, -0.15) is 4.99 Å². The summed E-state index contributed by atoms with van der Waals surface area (Å²) < 4.78 is 17.1. The average molecular weight is 393 g/mol. The molecule has 1 aromatic carbocycles. The number of nitrogens with zero attached hydrogens (tertiary/aromatic N) is 2. The van der Waals surface area contributed by atoms with Crippen LogP contribution in [0, 0.1) is 0 Å². The molecule has 1 heterocycles. The molecule has 0 fully saturated rings. The number of methoxy groups -OCH3 is 2. The monoisotopic (exact) mass is 393 g/mol. The molecule has 2 N–H and O–H groups in total. The molecule has 0 bridgehead atoms. The van der Waals surface area contributed by atoms with Gasteiger partial charge in [0, 0.05) is 18.0 Å². The van der Waals surface area contributed by atoms with Gasteiger partial charge in [-0.05, 0) is 32.0 Å². The fourth-order valence-corrected chi connectivity index (χ4v) is 3.27. The predicted octanol–water partition coefficient (Wildman–Crippen LogP) is 1.83. The van der Waals surface area contributed by atoms with Crippen LogP contribution >= 0.6 is 11.3 Å². The molecular weight excluding hydrogens is 370 g/mol. The van der Waals surface area contributed by atoms with E-state index in [2.05, 4.69) is 4.99 Å². The Labute approximate surface area is 161 Å². The third-order valence-electron chi connectivity index (χ3n) is 3.70. The molecule has 2 aromatic rings. The molecule has 0 aliphatic heterocycles. The zero-order valence-electron chi connectivity index (χ0n) is 15.6. The summed E-state index contributed by atoms with van der Waals surface area (Å²) in [6.45, 7) is 2.91. The van der Waals surface area contributed by atoms with Crippen LogP contribution in [0.15, 0.2) is 28.6 Å². The minimum Gasteiger partial charge on any atom is -0.497 e. The third kappa shape index (κ3) is 4.95. The molecule has 1 aromatic heterocycles. The molecule has 8 nitrogen and oxygen atoms in total. The van der Waals surface area contributed by atoms with Crippen LogP contribution < -0.4 is 20.0 Å². The summed E-state index contributed by atoms with van der Waals surface area (Å²) in [5.74, 6) is -0.00382. The lowest BCUT2D eigenvalue weighted by Gasteiger charge is -2.08. The van der Waals surface area contributed by atoms with Crippen LogP contribution in [0.4, 0.5) is 0 Å². The van der Waals surface area contributed by atoms with E-state index in [4.69, 9.17) is 19.9 Å². The highest BCUT2D eigenvalue weighted by molar-refractivity contribution is 7.07. The van der Waals surface area contributed by atoms with E-state index in [-0.39, 0.29) is 6.61 Å². The van der Waals surface area contributed by atoms with Crippen molar-refractivity contribution in [2.75, 3.05) is 27.4 Å². The van der Waals surface area contributed by atoms with Gasteiger partial charge in [-0.15, -0.1) is 11.3 Å². The number of hydrogen-bond acceptors (Lipinski definition) is 7. The number of benzene rings is 1. The number of thiazole rings is 1. The van der Waals surface area contributed by atoms with Crippen molar-refractivity contribution in [3.05, 3.63) is 39.6 Å². The standard InChI is InChI=1S/C18H23N3O5S/c1-4-26-17(23)14-11-27-18(21(14)9-5-8-19)20-16(22)13-7-6-12(24-2)10-15(13)25-3/h6-7,10-11H,4-5,8-9,19H2,1-3H3. The molecule has 146 valence electrons. The Hall–Kier alpha value is -2.65. The number of amides is 1. The summed E-state index contributed by atoms with van der Waals surface area (Å²) in [6.07, 6.45) is 0.635. The molecule has 1 amide bonds. The Morgan fingerprint density at radius 2 is 2.04 bits per heavy atom. The number of aromatic nitrogens is 1. The summed E-state index contributed by atoms with van der Waals surface area (Å²) >= 11 is 1.19. The fourth-order valence-electron chi connectivity index (χ4n) is 2.38. The zero-order chi connectivity index (χ0) is 19.8. The maximum Gasteiger partial charge on any atom is 0.355 e. The van der Waals surface area contributed by atoms with E-state index < -0.39 is 11.9 Å². The van der Waals surface area contributed by atoms with Crippen LogP contribution in [0.1, 0.15) is 34.2 Å². The van der Waals surface area contributed by atoms with E-state index in [0.29, 0.717) is 47.1 Å². The van der Waals surface area contributed by atoms with Crippen LogP contribution in [0.5, 0.6) is 11.5 Å². The number of hydrogen-bond donors (Lipinski definition) is 1. The molecule has 0 unspecified atom stereocenters. The van der Waals surface area contributed by atoms with Crippen LogP contribution in [0.3, 0.4) is 0 Å². The first-order chi connectivity index (χ1) is 13.0. The van der Waals surface area contributed by atoms with Gasteiger partial charge in [0.1, 0.15) is 17.2 Å². The lowest BCUT2D eigenvalue weighted by Crippen LogP contribution is -2.24. The zero-order valence-corrected chi connectivity index (χ0v) is 16.4. The van der Waals surface area contributed by atoms with Gasteiger partial charge in [-0.1, -0.05) is 0 Å². The summed E-state index contributed by atoms with van der Waals surface area (Å²) in [6, 6.07) is 4.86. The number of carbonyl (C=O) groups is 2. The molecule has 0 aliphatic carbocycles. The van der Waals surface area contributed by atoms with Crippen LogP contribution in [0.25, 0.3) is 0 Å². The van der Waals surface area contributed by atoms with Gasteiger partial charge in [0.25, 0.3) is 5.91 Å². The highest BCUT2D eigenvalue weighted by atomic mass is 32.1. The second kappa shape index (κ2) is 9.89. The Kier molecular flexibility index (Phi) is 7.56. The molecule has 9 heteroatoms. The molecule has 0 saturated carbocycles. The van der Waals surface area contributed by atoms with Crippen molar-refractivity contribution in [2.24, 2.45) is 10.7 Å². The topological polar surface area (TPSA) is 105 Å². The maximum atomic E-state index is 12.7. The minimum absolute atomic E-state index is 0.264. The van der Waals surface area contributed by atoms with Gasteiger partial charge in [0.2, 0.25) is 0 Å². The van der Waals surface area contributed by atoms with Crippen molar-refractivity contribution in [1.29, 1.82) is 0 Å². The van der Waals surface area contributed by atoms with Crippen molar-refractivity contribution >= 4 is 23.2 Å². The highest BCUT2D eigenvalue weighted by Crippen LogP contribution is 2.25. The SMILES string of the molecule is CCOC(=O)c1csc(=NC(=O)c2ccc(OC)cc2OC)n1CCCN. The van der Waals surface area contributed by atoms with Crippen molar-refractivity contribution < 1.29 is 23.8 Å². The highest BCUT2D eigenvalue weighted by Gasteiger charge is 2.17. The smallest absolute Gasteiger partial charge is 0.355 e. The largest absolute Gasteiger partial charge is 0.497 e. The predicted molar refractivity (Wildman–Crippen MR) is 101 cm³/mol. The van der Waals surface area contributed by atoms with Gasteiger partial charge in [-0.25, -0.2) is 4.79 Å². The summed E-state index contributed by atoms with van der Waals surface area (Å²) in [5.41, 5.74) is 6.24. The van der Waals surface area contributed by atoms with Gasteiger partial charge in [0.05, 0.1) is 26.4 Å². The van der Waals surface area contributed by atoms with E-state index in [1.165, 1.54) is 25.6 Å². The molecule has 0 saturated heterocycles. The van der Waals surface area contributed by atoms with Crippen molar-refractivity contribution in [1.82, 2.24) is 4.57 Å². The maximum absolute atomic E-state index is 12.7. The normalized spacial score (nSPS) is 11.3. The van der Waals surface area contributed by atoms with Crippen LogP contribution in [-0.2, 0) is 11.3 Å². The quantitative estimate of drug-likeness (QED) is 0.686. The Bertz CT molecular complexity index is 872. The molecule has 0 radical (unpaired) electrons. The second-order valence-electron chi connectivity index (χ2n) is 5.40. The minimum atomic E-state index is -0.478. The molecular formula is C18H23N3O5S. The Morgan fingerprint density at radius 3 is 2.67 bits per heavy atom. The number of ether oxygens (including phenoxy) is 3. The van der Waals surface area contributed by atoms with E-state index in [1.807, 2.05) is 0 Å². The van der Waals surface area contributed by atoms with Gasteiger partial charge < -0.3 is 24.5 Å². The van der Waals surface area contributed by atoms with Crippen LogP contribution in [-0.4, -0.2) is 43.8 Å². The first-order valence-corrected chi connectivity index (χ1v) is 9.30. The molecule has 2 rings (SSSR count). The summed E-state index contributed by atoms with van der Waals surface area (Å²) in [7, 11) is 3.00. The average Bonchev–Trinajstić information content (AvgIpc) is 3.08. The van der Waals surface area contributed by atoms with E-state index in [0.717, 1.165) is 0 Å². The van der Waals surface area contributed by atoms with Crippen molar-refractivity contribution in [3.63, 3.8) is 0 Å². The Morgan fingerprint density at radius 1 is 1.26 bits per heavy atom. The molecule has 0 atom stereocenters. The van der Waals surface area contributed by atoms with E-state index in [1.54, 1.807) is 35.1 Å². The van der Waals surface area contributed by atoms with Crippen molar-refractivity contribution in [2.45, 2.75) is 19.9 Å². The van der Waals surface area contributed by atoms with E-state index in [9.17, 15) is 9.59 Å². The summed E-state index contributed by atoms with van der Waals surface area (Å²) in [4.78, 5) is 29.4. The molecule has 0 spiro atoms. The number of esters is 1. The Balaban J connectivity index is 2.45. The van der Waals surface area contributed by atoms with Gasteiger partial charge >= 0.3 is 5.97 Å². The number of rotatable bonds is 8. The number of nitrogens with two attached hydrogens (primary N) is 1.